The van der Waals surface area contributed by atoms with Gasteiger partial charge >= 0.3 is 0 Å². The summed E-state index contributed by atoms with van der Waals surface area (Å²) in [5.41, 5.74) is -0.254. The normalized spacial score (nSPS) is 17.8. The highest BCUT2D eigenvalue weighted by Gasteiger charge is 2.29. The van der Waals surface area contributed by atoms with Crippen LogP contribution in [0.25, 0.3) is 0 Å². The molecule has 1 aromatic heterocycles. The second-order valence-corrected chi connectivity index (χ2v) is 3.55. The predicted molar refractivity (Wildman–Crippen MR) is 52.1 cm³/mol. The first-order chi connectivity index (χ1) is 6.77. The van der Waals surface area contributed by atoms with Crippen LogP contribution in [0, 0.1) is 5.92 Å². The van der Waals surface area contributed by atoms with Gasteiger partial charge in [-0.3, -0.25) is 4.79 Å². The largest absolute Gasteiger partial charge is 0.391 e. The Kier molecular flexibility index (Phi) is 2.49. The zero-order valence-corrected chi connectivity index (χ0v) is 7.73. The van der Waals surface area contributed by atoms with Gasteiger partial charge < -0.3 is 15.4 Å². The first-order valence-electron chi connectivity index (χ1n) is 4.73. The standard InChI is InChI=1S/C9H13N3O2/c13-7(6-1-2-6)5-12-8-9(14)11-4-3-10-8/h3-4,6-7,13H,1-2,5H2,(H,10,12)(H,11,14). The van der Waals surface area contributed by atoms with Crippen LogP contribution in [-0.2, 0) is 0 Å². The number of aromatic nitrogens is 2. The molecule has 5 heteroatoms. The molecule has 5 nitrogen and oxygen atoms in total. The van der Waals surface area contributed by atoms with Crippen molar-refractivity contribution in [2.75, 3.05) is 11.9 Å². The van der Waals surface area contributed by atoms with Crippen molar-refractivity contribution in [2.24, 2.45) is 5.92 Å². The maximum absolute atomic E-state index is 11.2. The van der Waals surface area contributed by atoms with E-state index in [0.717, 1.165) is 12.8 Å². The van der Waals surface area contributed by atoms with Crippen LogP contribution in [0.15, 0.2) is 17.2 Å². The van der Waals surface area contributed by atoms with Crippen molar-refractivity contribution in [3.63, 3.8) is 0 Å². The lowest BCUT2D eigenvalue weighted by atomic mass is 10.2. The number of hydrogen-bond donors (Lipinski definition) is 3. The lowest BCUT2D eigenvalue weighted by Gasteiger charge is -2.09. The van der Waals surface area contributed by atoms with Crippen LogP contribution in [0.1, 0.15) is 12.8 Å². The maximum atomic E-state index is 11.2. The molecule has 0 amide bonds. The molecule has 3 N–H and O–H groups in total. The molecule has 1 aromatic rings. The summed E-state index contributed by atoms with van der Waals surface area (Å²) in [6, 6.07) is 0. The van der Waals surface area contributed by atoms with E-state index in [1.165, 1.54) is 12.4 Å². The van der Waals surface area contributed by atoms with Gasteiger partial charge in [-0.25, -0.2) is 4.98 Å². The Bertz CT molecular complexity index is 359. The molecule has 1 saturated carbocycles. The van der Waals surface area contributed by atoms with E-state index >= 15 is 0 Å². The fourth-order valence-electron chi connectivity index (χ4n) is 1.33. The van der Waals surface area contributed by atoms with Gasteiger partial charge in [-0.1, -0.05) is 0 Å². The van der Waals surface area contributed by atoms with Gasteiger partial charge in [0.25, 0.3) is 5.56 Å². The second-order valence-electron chi connectivity index (χ2n) is 3.55. The maximum Gasteiger partial charge on any atom is 0.290 e. The number of nitrogens with zero attached hydrogens (tertiary/aromatic N) is 1. The smallest absolute Gasteiger partial charge is 0.290 e. The highest BCUT2D eigenvalue weighted by atomic mass is 16.3. The van der Waals surface area contributed by atoms with E-state index < -0.39 is 0 Å². The summed E-state index contributed by atoms with van der Waals surface area (Å²) in [4.78, 5) is 17.5. The van der Waals surface area contributed by atoms with E-state index in [1.54, 1.807) is 0 Å². The van der Waals surface area contributed by atoms with Gasteiger partial charge in [0.15, 0.2) is 5.82 Å². The lowest BCUT2D eigenvalue weighted by molar-refractivity contribution is 0.164. The number of H-pyrrole nitrogens is 1. The molecule has 1 fully saturated rings. The van der Waals surface area contributed by atoms with E-state index in [0.29, 0.717) is 12.5 Å². The van der Waals surface area contributed by atoms with Crippen molar-refractivity contribution in [2.45, 2.75) is 18.9 Å². The summed E-state index contributed by atoms with van der Waals surface area (Å²) in [7, 11) is 0. The number of nitrogens with one attached hydrogen (secondary N) is 2. The minimum atomic E-state index is -0.364. The van der Waals surface area contributed by atoms with Crippen LogP contribution < -0.4 is 10.9 Å². The SMILES string of the molecule is O=c1[nH]ccnc1NCC(O)C1CC1. The molecule has 0 bridgehead atoms. The molecule has 2 rings (SSSR count). The highest BCUT2D eigenvalue weighted by molar-refractivity contribution is 5.30. The zero-order valence-electron chi connectivity index (χ0n) is 7.73. The van der Waals surface area contributed by atoms with Gasteiger partial charge in [-0.15, -0.1) is 0 Å². The second kappa shape index (κ2) is 3.79. The van der Waals surface area contributed by atoms with Gasteiger partial charge in [0.05, 0.1) is 6.10 Å². The third-order valence-corrected chi connectivity index (χ3v) is 2.35. The predicted octanol–water partition coefficient (Wildman–Crippen LogP) is -0.0473. The summed E-state index contributed by atoms with van der Waals surface area (Å²) in [5.74, 6) is 0.678. The first kappa shape index (κ1) is 9.21. The third-order valence-electron chi connectivity index (χ3n) is 2.35. The average molecular weight is 195 g/mol. The van der Waals surface area contributed by atoms with Crippen LogP contribution in [-0.4, -0.2) is 27.7 Å². The minimum Gasteiger partial charge on any atom is -0.391 e. The fraction of sp³-hybridized carbons (Fsp3) is 0.556. The number of aliphatic hydroxyl groups is 1. The van der Waals surface area contributed by atoms with Crippen molar-refractivity contribution in [1.82, 2.24) is 9.97 Å². The number of aliphatic hydroxyl groups excluding tert-OH is 1. The molecule has 0 aliphatic heterocycles. The van der Waals surface area contributed by atoms with Crippen LogP contribution in [0.3, 0.4) is 0 Å². The highest BCUT2D eigenvalue weighted by Crippen LogP contribution is 2.32. The lowest BCUT2D eigenvalue weighted by Crippen LogP contribution is -2.25. The van der Waals surface area contributed by atoms with Crippen LogP contribution in [0.5, 0.6) is 0 Å². The molecule has 14 heavy (non-hydrogen) atoms. The molecule has 1 unspecified atom stereocenters. The Morgan fingerprint density at radius 3 is 3.14 bits per heavy atom. The Morgan fingerprint density at radius 2 is 2.50 bits per heavy atom. The van der Waals surface area contributed by atoms with Crippen molar-refractivity contribution >= 4 is 5.82 Å². The van der Waals surface area contributed by atoms with Gasteiger partial charge in [0, 0.05) is 18.9 Å². The van der Waals surface area contributed by atoms with E-state index in [-0.39, 0.29) is 17.5 Å². The molecule has 1 aliphatic carbocycles. The van der Waals surface area contributed by atoms with Crippen LogP contribution in [0.4, 0.5) is 5.82 Å². The van der Waals surface area contributed by atoms with Gasteiger partial charge in [0.2, 0.25) is 0 Å². The van der Waals surface area contributed by atoms with Crippen LogP contribution >= 0.6 is 0 Å². The third kappa shape index (κ3) is 2.11. The van der Waals surface area contributed by atoms with Gasteiger partial charge in [0.1, 0.15) is 0 Å². The topological polar surface area (TPSA) is 78.0 Å². The molecule has 0 saturated heterocycles. The molecule has 0 radical (unpaired) electrons. The quantitative estimate of drug-likeness (QED) is 0.629. The van der Waals surface area contributed by atoms with Crippen molar-refractivity contribution in [3.05, 3.63) is 22.7 Å². The molecule has 76 valence electrons. The summed E-state index contributed by atoms with van der Waals surface area (Å²) >= 11 is 0. The molecule has 1 heterocycles. The van der Waals surface area contributed by atoms with Crippen molar-refractivity contribution in [1.29, 1.82) is 0 Å². The molecule has 1 atom stereocenters. The number of rotatable bonds is 4. The molecule has 0 spiro atoms. The monoisotopic (exact) mass is 195 g/mol. The van der Waals surface area contributed by atoms with Crippen molar-refractivity contribution in [3.8, 4) is 0 Å². The molecular weight excluding hydrogens is 182 g/mol. The van der Waals surface area contributed by atoms with Crippen molar-refractivity contribution < 1.29 is 5.11 Å². The summed E-state index contributed by atoms with van der Waals surface area (Å²) in [6.45, 7) is 0.394. The first-order valence-corrected chi connectivity index (χ1v) is 4.73. The van der Waals surface area contributed by atoms with E-state index in [2.05, 4.69) is 15.3 Å². The molecule has 0 aromatic carbocycles. The van der Waals surface area contributed by atoms with Crippen LogP contribution in [0.2, 0.25) is 0 Å². The van der Waals surface area contributed by atoms with E-state index in [9.17, 15) is 9.90 Å². The van der Waals surface area contributed by atoms with Gasteiger partial charge in [-0.2, -0.15) is 0 Å². The number of hydrogen-bond acceptors (Lipinski definition) is 4. The number of aromatic amines is 1. The van der Waals surface area contributed by atoms with Gasteiger partial charge in [-0.05, 0) is 18.8 Å². The van der Waals surface area contributed by atoms with E-state index in [4.69, 9.17) is 0 Å². The molecule has 1 aliphatic rings. The summed E-state index contributed by atoms with van der Waals surface area (Å²) < 4.78 is 0. The number of anilines is 1. The Morgan fingerprint density at radius 1 is 1.71 bits per heavy atom. The van der Waals surface area contributed by atoms with E-state index in [1.807, 2.05) is 0 Å². The Labute approximate surface area is 81.2 Å². The fourth-order valence-corrected chi connectivity index (χ4v) is 1.33. The Hall–Kier alpha value is -1.36. The summed E-state index contributed by atoms with van der Waals surface area (Å²) in [5, 5.41) is 12.4. The average Bonchev–Trinajstić information content (AvgIpc) is 2.99. The summed E-state index contributed by atoms with van der Waals surface area (Å²) in [6.07, 6.45) is 4.79. The molecular formula is C9H13N3O2. The zero-order chi connectivity index (χ0) is 9.97. The minimum absolute atomic E-state index is 0.254. The Balaban J connectivity index is 1.91.